The molecule has 0 aliphatic carbocycles. The molecule has 1 aromatic heterocycles. The summed E-state index contributed by atoms with van der Waals surface area (Å²) >= 11 is 0. The minimum atomic E-state index is -3.89. The molecule has 1 aliphatic rings. The zero-order chi connectivity index (χ0) is 33.1. The Hall–Kier alpha value is -4.35. The van der Waals surface area contributed by atoms with Crippen molar-refractivity contribution >= 4 is 27.4 Å². The van der Waals surface area contributed by atoms with Crippen molar-refractivity contribution in [3.8, 4) is 17.2 Å². The Bertz CT molecular complexity index is 1770. The van der Waals surface area contributed by atoms with E-state index in [0.717, 1.165) is 30.0 Å². The van der Waals surface area contributed by atoms with Crippen LogP contribution in [0, 0.1) is 12.8 Å². The number of piperidine rings is 1. The maximum atomic E-state index is 14.3. The second-order valence-corrected chi connectivity index (χ2v) is 14.7. The van der Waals surface area contributed by atoms with Gasteiger partial charge in [0, 0.05) is 23.2 Å². The van der Waals surface area contributed by atoms with E-state index >= 15 is 0 Å². The average molecular weight is 646 g/mol. The summed E-state index contributed by atoms with van der Waals surface area (Å²) in [5, 5.41) is 13.1. The largest absolute Gasteiger partial charge is 0.497 e. The van der Waals surface area contributed by atoms with Gasteiger partial charge in [-0.05, 0) is 80.7 Å². The molecule has 10 nitrogen and oxygen atoms in total. The summed E-state index contributed by atoms with van der Waals surface area (Å²) in [4.78, 5) is 13.3. The molecule has 1 saturated heterocycles. The fraction of sp³-hybridized carbons (Fsp3) is 0.371. The number of amides is 2. The predicted octanol–water partition coefficient (Wildman–Crippen LogP) is 6.65. The average Bonchev–Trinajstić information content (AvgIpc) is 3.46. The fourth-order valence-corrected chi connectivity index (χ4v) is 8.03. The number of anilines is 2. The van der Waals surface area contributed by atoms with Gasteiger partial charge in [-0.25, -0.2) is 17.9 Å². The van der Waals surface area contributed by atoms with Crippen LogP contribution < -0.4 is 25.4 Å². The minimum absolute atomic E-state index is 0.0966. The Kier molecular flexibility index (Phi) is 9.74. The lowest BCUT2D eigenvalue weighted by Crippen LogP contribution is -2.33. The van der Waals surface area contributed by atoms with E-state index in [9.17, 15) is 13.2 Å². The van der Waals surface area contributed by atoms with Gasteiger partial charge in [0.2, 0.25) is 0 Å². The molecule has 0 radical (unpaired) electrons. The highest BCUT2D eigenvalue weighted by Crippen LogP contribution is 2.43. The van der Waals surface area contributed by atoms with Gasteiger partial charge in [-0.1, -0.05) is 50.6 Å². The van der Waals surface area contributed by atoms with Gasteiger partial charge in [-0.3, -0.25) is 5.32 Å². The number of sulfone groups is 1. The number of urea groups is 1. The third-order valence-corrected chi connectivity index (χ3v) is 10.6. The summed E-state index contributed by atoms with van der Waals surface area (Å²) in [6.07, 6.45) is 1.42. The van der Waals surface area contributed by atoms with Crippen LogP contribution in [0.15, 0.2) is 77.7 Å². The monoisotopic (exact) mass is 645 g/mol. The molecule has 4 aromatic rings. The first kappa shape index (κ1) is 33.0. The van der Waals surface area contributed by atoms with Crippen LogP contribution in [-0.4, -0.2) is 51.5 Å². The molecule has 1 aliphatic heterocycles. The van der Waals surface area contributed by atoms with Crippen molar-refractivity contribution in [2.75, 3.05) is 37.9 Å². The number of nitrogens with one attached hydrogen (secondary N) is 3. The number of aromatic nitrogens is 2. The summed E-state index contributed by atoms with van der Waals surface area (Å²) in [7, 11) is -0.926. The highest BCUT2D eigenvalue weighted by molar-refractivity contribution is 7.91. The van der Waals surface area contributed by atoms with Crippen molar-refractivity contribution in [3.05, 3.63) is 89.6 Å². The molecule has 0 saturated carbocycles. The molecular weight excluding hydrogens is 602 g/mol. The van der Waals surface area contributed by atoms with Crippen LogP contribution in [0.3, 0.4) is 0 Å². The highest BCUT2D eigenvalue weighted by Gasteiger charge is 2.38. The molecule has 2 heterocycles. The molecule has 1 unspecified atom stereocenters. The van der Waals surface area contributed by atoms with Gasteiger partial charge >= 0.3 is 6.03 Å². The van der Waals surface area contributed by atoms with Gasteiger partial charge in [0.15, 0.2) is 9.84 Å². The van der Waals surface area contributed by atoms with E-state index in [4.69, 9.17) is 14.6 Å². The summed E-state index contributed by atoms with van der Waals surface area (Å²) in [5.41, 5.74) is 3.75. The van der Waals surface area contributed by atoms with Gasteiger partial charge in [0.25, 0.3) is 0 Å². The normalized spacial score (nSPS) is 14.8. The molecule has 2 amide bonds. The molecule has 1 atom stereocenters. The summed E-state index contributed by atoms with van der Waals surface area (Å²) in [6, 6.07) is 21.2. The molecule has 244 valence electrons. The Balaban J connectivity index is 1.41. The number of nitrogens with zero attached hydrogens (tertiary/aromatic N) is 2. The van der Waals surface area contributed by atoms with E-state index in [1.807, 2.05) is 37.3 Å². The number of hydrogen-bond donors (Lipinski definition) is 3. The van der Waals surface area contributed by atoms with Crippen molar-refractivity contribution in [2.45, 2.75) is 56.1 Å². The van der Waals surface area contributed by atoms with E-state index in [1.165, 1.54) is 20.3 Å². The molecular formula is C35H43N5O5S. The number of methoxy groups -OCH3 is 2. The molecule has 3 aromatic carbocycles. The fourth-order valence-electron chi connectivity index (χ4n) is 5.75. The number of carbonyl (C=O) groups excluding carboxylic acids is 1. The predicted molar refractivity (Wildman–Crippen MR) is 181 cm³/mol. The van der Waals surface area contributed by atoms with Crippen LogP contribution in [0.2, 0.25) is 0 Å². The molecule has 0 bridgehead atoms. The van der Waals surface area contributed by atoms with Gasteiger partial charge in [0.1, 0.15) is 22.2 Å². The zero-order valence-corrected chi connectivity index (χ0v) is 28.1. The van der Waals surface area contributed by atoms with Crippen LogP contribution >= 0.6 is 0 Å². The SMILES string of the molecule is COc1ccc(OC)c(S(=O)(=O)C(c2ccc(NC(=O)Nc3cc(C(C)(C)C)nn3-c3ccc(C)cc3)cc2)C2CCNCC2)c1. The number of ether oxygens (including phenoxy) is 2. The Labute approximate surface area is 271 Å². The minimum Gasteiger partial charge on any atom is -0.497 e. The number of hydrogen-bond acceptors (Lipinski definition) is 7. The number of rotatable bonds is 9. The summed E-state index contributed by atoms with van der Waals surface area (Å²) < 4.78 is 41.2. The van der Waals surface area contributed by atoms with Crippen molar-refractivity contribution < 1.29 is 22.7 Å². The second kappa shape index (κ2) is 13.6. The molecule has 11 heteroatoms. The molecule has 0 spiro atoms. The standard InChI is InChI=1S/C35H43N5O5S/c1-23-7-13-27(14-8-23)40-32(22-31(39-40)35(2,3)4)38-34(41)37-26-11-9-24(10-12-26)33(25-17-19-36-20-18-25)46(42,43)30-21-28(44-5)15-16-29(30)45-6/h7-16,21-22,25,33,36H,17-20H2,1-6H3,(H2,37,38,41). The maximum Gasteiger partial charge on any atom is 0.324 e. The van der Waals surface area contributed by atoms with E-state index in [-0.39, 0.29) is 22.0 Å². The summed E-state index contributed by atoms with van der Waals surface area (Å²) in [6.45, 7) is 9.71. The lowest BCUT2D eigenvalue weighted by molar-refractivity contribution is 0.262. The van der Waals surface area contributed by atoms with Crippen molar-refractivity contribution in [3.63, 3.8) is 0 Å². The van der Waals surface area contributed by atoms with E-state index < -0.39 is 21.1 Å². The van der Waals surface area contributed by atoms with Crippen LogP contribution in [0.1, 0.15) is 55.7 Å². The second-order valence-electron chi connectivity index (χ2n) is 12.7. The lowest BCUT2D eigenvalue weighted by Gasteiger charge is -2.31. The Morgan fingerprint density at radius 1 is 0.935 bits per heavy atom. The molecule has 3 N–H and O–H groups in total. The van der Waals surface area contributed by atoms with Gasteiger partial charge in [-0.2, -0.15) is 5.10 Å². The van der Waals surface area contributed by atoms with E-state index in [2.05, 4.69) is 36.7 Å². The topological polar surface area (TPSA) is 124 Å². The molecule has 46 heavy (non-hydrogen) atoms. The van der Waals surface area contributed by atoms with Crippen molar-refractivity contribution in [1.82, 2.24) is 15.1 Å². The van der Waals surface area contributed by atoms with E-state index in [1.54, 1.807) is 41.1 Å². The maximum absolute atomic E-state index is 14.3. The molecule has 1 fully saturated rings. The first-order valence-corrected chi connectivity index (χ1v) is 17.0. The third kappa shape index (κ3) is 7.21. The van der Waals surface area contributed by atoms with Gasteiger partial charge in [-0.15, -0.1) is 0 Å². The smallest absolute Gasteiger partial charge is 0.324 e. The Morgan fingerprint density at radius 3 is 2.22 bits per heavy atom. The number of carbonyl (C=O) groups is 1. The summed E-state index contributed by atoms with van der Waals surface area (Å²) in [5.74, 6) is 1.14. The number of aryl methyl sites for hydroxylation is 1. The van der Waals surface area contributed by atoms with Gasteiger partial charge in [0.05, 0.1) is 30.9 Å². The van der Waals surface area contributed by atoms with Crippen molar-refractivity contribution in [1.29, 1.82) is 0 Å². The Morgan fingerprint density at radius 2 is 1.61 bits per heavy atom. The van der Waals surface area contributed by atoms with Crippen LogP contribution in [0.4, 0.5) is 16.3 Å². The first-order valence-electron chi connectivity index (χ1n) is 15.4. The van der Waals surface area contributed by atoms with Crippen LogP contribution in [-0.2, 0) is 15.3 Å². The van der Waals surface area contributed by atoms with E-state index in [0.29, 0.717) is 35.7 Å². The highest BCUT2D eigenvalue weighted by atomic mass is 32.2. The van der Waals surface area contributed by atoms with Gasteiger partial charge < -0.3 is 20.1 Å². The molecule has 5 rings (SSSR count). The van der Waals surface area contributed by atoms with Crippen molar-refractivity contribution in [2.24, 2.45) is 5.92 Å². The zero-order valence-electron chi connectivity index (χ0n) is 27.3. The first-order chi connectivity index (χ1) is 21.9. The van der Waals surface area contributed by atoms with Crippen LogP contribution in [0.5, 0.6) is 11.5 Å². The number of benzene rings is 3. The van der Waals surface area contributed by atoms with Crippen LogP contribution in [0.25, 0.3) is 5.69 Å². The quantitative estimate of drug-likeness (QED) is 0.186. The lowest BCUT2D eigenvalue weighted by atomic mass is 9.90. The third-order valence-electron chi connectivity index (χ3n) is 8.32.